The summed E-state index contributed by atoms with van der Waals surface area (Å²) in [5.41, 5.74) is 14.0. The number of fused-ring (bicyclic) bond motifs is 3. The number of para-hydroxylation sites is 1. The molecule has 7 rings (SSSR count). The number of pyridine rings is 1. The molecule has 0 aliphatic heterocycles. The molecule has 5 nitrogen and oxygen atoms in total. The maximum absolute atomic E-state index is 6.76. The van der Waals surface area contributed by atoms with Crippen LogP contribution in [0.5, 0.6) is 11.5 Å². The Bertz CT molecular complexity index is 2520. The van der Waals surface area contributed by atoms with E-state index < -0.39 is 0 Å². The second kappa shape index (κ2) is 16.8. The van der Waals surface area contributed by atoms with Crippen molar-refractivity contribution in [1.29, 1.82) is 0 Å². The van der Waals surface area contributed by atoms with Gasteiger partial charge in [0.05, 0.1) is 5.69 Å². The molecule has 298 valence electrons. The Kier molecular flexibility index (Phi) is 12.4. The summed E-state index contributed by atoms with van der Waals surface area (Å²) in [6.45, 7) is 27.1. The number of aryl methyl sites for hydroxylation is 2. The fourth-order valence-electron chi connectivity index (χ4n) is 8.02. The topological polar surface area (TPSA) is 44.9 Å². The fraction of sp³-hybridized carbons (Fsp3) is 0.373. The molecule has 0 fully saturated rings. The van der Waals surface area contributed by atoms with Gasteiger partial charge < -0.3 is 9.30 Å². The van der Waals surface area contributed by atoms with Gasteiger partial charge in [0.1, 0.15) is 5.82 Å². The van der Waals surface area contributed by atoms with Crippen LogP contribution in [-0.4, -0.2) is 19.3 Å². The first-order chi connectivity index (χ1) is 26.7. The molecule has 57 heavy (non-hydrogen) atoms. The van der Waals surface area contributed by atoms with Crippen LogP contribution < -0.4 is 4.74 Å². The summed E-state index contributed by atoms with van der Waals surface area (Å²) in [5, 5.41) is 7.51. The third-order valence-electron chi connectivity index (χ3n) is 11.2. The van der Waals surface area contributed by atoms with Crippen LogP contribution in [0.15, 0.2) is 79.0 Å². The van der Waals surface area contributed by atoms with Crippen LogP contribution in [0.1, 0.15) is 139 Å². The smallest absolute Gasteiger partial charge is 0.509 e. The van der Waals surface area contributed by atoms with Gasteiger partial charge in [-0.15, -0.1) is 41.3 Å². The average molecular weight is 849 g/mol. The standard InChI is InChI=1S/C51H58N4O.Pd/c1-13-14-17-36-22-23-52-48(24-36)54-46-19-16-15-18-42(46)43-21-20-40(30-47(43)54)56-41-28-38(51(10,11)12)27-39(29-41)55-35(9)49(34(8)53-55)50-44(32(4)5)25-37(31(2)3)26-45(50)33(6)7;/h15-16,18-28,31-33H,13-14,17H2,1-12H3;/q-2;+2. The SMILES string of the molecule is CCCCc1ccnc(-n2c3[c-]c(Oc4[c-]c(-n5nc(C)c(-c6c(C(C)C)cc(C(C)C)cc6C(C)C)c5C)cc(C(C)(C)C)c4)ccc3c3ccccc32)c1.[Pd+2]. The zero-order valence-electron chi connectivity index (χ0n) is 35.9. The molecule has 0 amide bonds. The molecule has 0 saturated carbocycles. The van der Waals surface area contributed by atoms with Gasteiger partial charge in [0.15, 0.2) is 0 Å². The molecular weight excluding hydrogens is 791 g/mol. The molecule has 6 heteroatoms. The Morgan fingerprint density at radius 2 is 1.46 bits per heavy atom. The van der Waals surface area contributed by atoms with Crippen molar-refractivity contribution < 1.29 is 25.2 Å². The Morgan fingerprint density at radius 1 is 0.754 bits per heavy atom. The van der Waals surface area contributed by atoms with Crippen molar-refractivity contribution in [2.45, 2.75) is 126 Å². The summed E-state index contributed by atoms with van der Waals surface area (Å²) in [7, 11) is 0. The van der Waals surface area contributed by atoms with E-state index in [4.69, 9.17) is 14.8 Å². The van der Waals surface area contributed by atoms with E-state index in [2.05, 4.69) is 171 Å². The minimum absolute atomic E-state index is 0. The number of aromatic nitrogens is 4. The number of hydrogen-bond donors (Lipinski definition) is 0. The van der Waals surface area contributed by atoms with E-state index in [1.807, 2.05) is 12.3 Å². The second-order valence-electron chi connectivity index (χ2n) is 17.5. The van der Waals surface area contributed by atoms with E-state index in [0.29, 0.717) is 29.3 Å². The first-order valence-electron chi connectivity index (χ1n) is 20.6. The molecule has 0 bridgehead atoms. The predicted octanol–water partition coefficient (Wildman–Crippen LogP) is 14.0. The number of ether oxygens (including phenoxy) is 1. The van der Waals surface area contributed by atoms with Crippen LogP contribution in [-0.2, 0) is 32.3 Å². The summed E-state index contributed by atoms with van der Waals surface area (Å²) in [6.07, 6.45) is 5.26. The predicted molar refractivity (Wildman–Crippen MR) is 234 cm³/mol. The number of nitrogens with zero attached hydrogens (tertiary/aromatic N) is 4. The quantitative estimate of drug-likeness (QED) is 0.0962. The van der Waals surface area contributed by atoms with Crippen molar-refractivity contribution in [1.82, 2.24) is 19.3 Å². The van der Waals surface area contributed by atoms with E-state index in [1.165, 1.54) is 33.4 Å². The van der Waals surface area contributed by atoms with E-state index in [0.717, 1.165) is 69.5 Å². The van der Waals surface area contributed by atoms with Crippen LogP contribution in [0.25, 0.3) is 44.4 Å². The minimum atomic E-state index is -0.141. The van der Waals surface area contributed by atoms with Gasteiger partial charge in [0, 0.05) is 34.5 Å². The first kappa shape index (κ1) is 42.1. The summed E-state index contributed by atoms with van der Waals surface area (Å²) < 4.78 is 11.0. The summed E-state index contributed by atoms with van der Waals surface area (Å²) in [6, 6.07) is 33.5. The molecular formula is C51H58N4OPd. The number of hydrogen-bond acceptors (Lipinski definition) is 3. The van der Waals surface area contributed by atoms with Crippen molar-refractivity contribution >= 4 is 21.8 Å². The molecule has 0 atom stereocenters. The van der Waals surface area contributed by atoms with Crippen molar-refractivity contribution in [3.05, 3.63) is 130 Å². The number of benzene rings is 4. The van der Waals surface area contributed by atoms with Crippen molar-refractivity contribution in [2.24, 2.45) is 0 Å². The zero-order valence-corrected chi connectivity index (χ0v) is 37.4. The Morgan fingerprint density at radius 3 is 2.11 bits per heavy atom. The van der Waals surface area contributed by atoms with Crippen LogP contribution in [0.2, 0.25) is 0 Å². The number of unbranched alkanes of at least 4 members (excludes halogenated alkanes) is 1. The van der Waals surface area contributed by atoms with E-state index in [-0.39, 0.29) is 25.8 Å². The summed E-state index contributed by atoms with van der Waals surface area (Å²) >= 11 is 0. The third-order valence-corrected chi connectivity index (χ3v) is 11.2. The molecule has 0 aliphatic carbocycles. The number of rotatable bonds is 11. The summed E-state index contributed by atoms with van der Waals surface area (Å²) in [5.74, 6) is 3.34. The zero-order chi connectivity index (χ0) is 40.1. The van der Waals surface area contributed by atoms with Crippen LogP contribution in [0, 0.1) is 26.0 Å². The van der Waals surface area contributed by atoms with Gasteiger partial charge in [-0.2, -0.15) is 11.2 Å². The van der Waals surface area contributed by atoms with Crippen molar-refractivity contribution in [3.8, 4) is 34.1 Å². The van der Waals surface area contributed by atoms with Crippen LogP contribution >= 0.6 is 0 Å². The van der Waals surface area contributed by atoms with Gasteiger partial charge in [-0.3, -0.25) is 4.68 Å². The monoisotopic (exact) mass is 848 g/mol. The molecule has 0 unspecified atom stereocenters. The van der Waals surface area contributed by atoms with E-state index >= 15 is 0 Å². The van der Waals surface area contributed by atoms with Gasteiger partial charge >= 0.3 is 20.4 Å². The van der Waals surface area contributed by atoms with Gasteiger partial charge in [0.2, 0.25) is 0 Å². The largest absolute Gasteiger partial charge is 2.00 e. The molecule has 0 radical (unpaired) electrons. The maximum Gasteiger partial charge on any atom is 2.00 e. The van der Waals surface area contributed by atoms with Gasteiger partial charge in [-0.25, -0.2) is 4.98 Å². The molecule has 3 aromatic heterocycles. The van der Waals surface area contributed by atoms with E-state index in [9.17, 15) is 0 Å². The molecule has 0 spiro atoms. The molecule has 0 N–H and O–H groups in total. The molecule has 7 aromatic rings. The molecule has 4 aromatic carbocycles. The van der Waals surface area contributed by atoms with E-state index in [1.54, 1.807) is 0 Å². The third kappa shape index (κ3) is 8.27. The first-order valence-corrected chi connectivity index (χ1v) is 20.6. The van der Waals surface area contributed by atoms with Crippen molar-refractivity contribution in [3.63, 3.8) is 0 Å². The summed E-state index contributed by atoms with van der Waals surface area (Å²) in [4.78, 5) is 4.85. The van der Waals surface area contributed by atoms with Gasteiger partial charge in [0.25, 0.3) is 0 Å². The Hall–Kier alpha value is -4.50. The Balaban J connectivity index is 0.00000549. The average Bonchev–Trinajstić information content (AvgIpc) is 3.65. The Labute approximate surface area is 354 Å². The fourth-order valence-corrected chi connectivity index (χ4v) is 8.02. The van der Waals surface area contributed by atoms with Crippen molar-refractivity contribution in [2.75, 3.05) is 0 Å². The molecule has 3 heterocycles. The molecule has 0 saturated heterocycles. The normalized spacial score (nSPS) is 12.1. The van der Waals surface area contributed by atoms with Crippen LogP contribution in [0.3, 0.4) is 0 Å². The second-order valence-corrected chi connectivity index (χ2v) is 17.5. The molecule has 0 aliphatic rings. The minimum Gasteiger partial charge on any atom is -0.509 e. The van der Waals surface area contributed by atoms with Gasteiger partial charge in [-0.05, 0) is 107 Å². The maximum atomic E-state index is 6.76. The van der Waals surface area contributed by atoms with Crippen LogP contribution in [0.4, 0.5) is 0 Å². The van der Waals surface area contributed by atoms with Gasteiger partial charge in [-0.1, -0.05) is 112 Å².